The number of ether oxygens (including phenoxy) is 5. The predicted octanol–water partition coefficient (Wildman–Crippen LogP) is 4.03. The van der Waals surface area contributed by atoms with Crippen LogP contribution in [0.4, 0.5) is 0 Å². The molecular formula is C24H31NO6. The molecular weight excluding hydrogens is 398 g/mol. The summed E-state index contributed by atoms with van der Waals surface area (Å²) in [6.07, 6.45) is 2.86. The molecule has 2 aromatic carbocycles. The Kier molecular flexibility index (Phi) is 7.50. The van der Waals surface area contributed by atoms with Gasteiger partial charge in [-0.2, -0.15) is 0 Å². The highest BCUT2D eigenvalue weighted by Crippen LogP contribution is 2.40. The van der Waals surface area contributed by atoms with Crippen LogP contribution >= 0.6 is 0 Å². The van der Waals surface area contributed by atoms with E-state index in [9.17, 15) is 4.79 Å². The molecule has 7 heteroatoms. The molecule has 0 spiro atoms. The Hall–Kier alpha value is -3.09. The topological polar surface area (TPSA) is 66.5 Å². The molecule has 168 valence electrons. The van der Waals surface area contributed by atoms with E-state index in [1.807, 2.05) is 35.2 Å². The first-order chi connectivity index (χ1) is 15.1. The van der Waals surface area contributed by atoms with E-state index in [1.54, 1.807) is 35.5 Å². The molecule has 0 saturated carbocycles. The van der Waals surface area contributed by atoms with Crippen LogP contribution < -0.4 is 23.7 Å². The fourth-order valence-electron chi connectivity index (χ4n) is 4.16. The lowest BCUT2D eigenvalue weighted by molar-refractivity contribution is -0.132. The number of aryl methyl sites for hydroxylation is 1. The monoisotopic (exact) mass is 429 g/mol. The van der Waals surface area contributed by atoms with Gasteiger partial charge in [0.15, 0.2) is 11.5 Å². The van der Waals surface area contributed by atoms with Gasteiger partial charge < -0.3 is 28.6 Å². The van der Waals surface area contributed by atoms with Crippen LogP contribution in [0.25, 0.3) is 0 Å². The minimum absolute atomic E-state index is 0.00768. The van der Waals surface area contributed by atoms with Gasteiger partial charge in [0.1, 0.15) is 11.5 Å². The molecule has 0 N–H and O–H groups in total. The van der Waals surface area contributed by atoms with Crippen molar-refractivity contribution in [2.75, 3.05) is 42.1 Å². The standard InChI is InChI=1S/C24H31NO6/c1-27-17-9-10-18(20(15-17)28-2)19-7-6-12-25(19)23(26)11-8-16-13-21(29-3)24(31-5)22(14-16)30-4/h9-10,13-15,19H,6-8,11-12H2,1-5H3. The first kappa shape index (κ1) is 22.6. The molecule has 7 nitrogen and oxygen atoms in total. The molecule has 1 fully saturated rings. The molecule has 2 aromatic rings. The van der Waals surface area contributed by atoms with E-state index in [1.165, 1.54) is 0 Å². The summed E-state index contributed by atoms with van der Waals surface area (Å²) in [6, 6.07) is 9.56. The Balaban J connectivity index is 1.75. The highest BCUT2D eigenvalue weighted by molar-refractivity contribution is 5.77. The Morgan fingerprint density at radius 3 is 2.16 bits per heavy atom. The molecule has 1 aliphatic rings. The normalized spacial score (nSPS) is 15.5. The molecule has 1 aliphatic heterocycles. The van der Waals surface area contributed by atoms with E-state index >= 15 is 0 Å². The minimum atomic E-state index is 0.00768. The number of benzene rings is 2. The van der Waals surface area contributed by atoms with Gasteiger partial charge in [-0.15, -0.1) is 0 Å². The van der Waals surface area contributed by atoms with Crippen LogP contribution in [0.15, 0.2) is 30.3 Å². The van der Waals surface area contributed by atoms with E-state index < -0.39 is 0 Å². The van der Waals surface area contributed by atoms with Gasteiger partial charge in [-0.25, -0.2) is 0 Å². The number of likely N-dealkylation sites (tertiary alicyclic amines) is 1. The lowest BCUT2D eigenvalue weighted by atomic mass is 10.0. The second kappa shape index (κ2) is 10.3. The van der Waals surface area contributed by atoms with Gasteiger partial charge in [-0.1, -0.05) is 0 Å². The Morgan fingerprint density at radius 1 is 0.903 bits per heavy atom. The van der Waals surface area contributed by atoms with Gasteiger partial charge in [0.25, 0.3) is 0 Å². The SMILES string of the molecule is COc1ccc(C2CCCN2C(=O)CCc2cc(OC)c(OC)c(OC)c2)c(OC)c1. The van der Waals surface area contributed by atoms with Crippen LogP contribution in [0.2, 0.25) is 0 Å². The average Bonchev–Trinajstić information content (AvgIpc) is 3.30. The van der Waals surface area contributed by atoms with E-state index in [0.717, 1.165) is 42.0 Å². The first-order valence-electron chi connectivity index (χ1n) is 10.4. The molecule has 0 radical (unpaired) electrons. The summed E-state index contributed by atoms with van der Waals surface area (Å²) in [6.45, 7) is 0.744. The van der Waals surface area contributed by atoms with Crippen molar-refractivity contribution >= 4 is 5.91 Å². The number of amides is 1. The number of methoxy groups -OCH3 is 5. The van der Waals surface area contributed by atoms with Crippen molar-refractivity contribution in [3.8, 4) is 28.7 Å². The predicted molar refractivity (Wildman–Crippen MR) is 118 cm³/mol. The van der Waals surface area contributed by atoms with Crippen molar-refractivity contribution < 1.29 is 28.5 Å². The molecule has 1 saturated heterocycles. The molecule has 0 aromatic heterocycles. The third-order valence-corrected chi connectivity index (χ3v) is 5.72. The summed E-state index contributed by atoms with van der Waals surface area (Å²) >= 11 is 0. The molecule has 0 bridgehead atoms. The number of nitrogens with zero attached hydrogens (tertiary/aromatic N) is 1. The molecule has 1 heterocycles. The fraction of sp³-hybridized carbons (Fsp3) is 0.458. The molecule has 3 rings (SSSR count). The van der Waals surface area contributed by atoms with E-state index in [-0.39, 0.29) is 11.9 Å². The van der Waals surface area contributed by atoms with Crippen LogP contribution in [0.5, 0.6) is 28.7 Å². The zero-order valence-electron chi connectivity index (χ0n) is 18.9. The van der Waals surface area contributed by atoms with Crippen molar-refractivity contribution in [3.63, 3.8) is 0 Å². The molecule has 1 amide bonds. The Labute approximate surface area is 183 Å². The van der Waals surface area contributed by atoms with E-state index in [2.05, 4.69) is 0 Å². The fourth-order valence-corrected chi connectivity index (χ4v) is 4.16. The summed E-state index contributed by atoms with van der Waals surface area (Å²) < 4.78 is 27.1. The van der Waals surface area contributed by atoms with Crippen LogP contribution in [0, 0.1) is 0 Å². The lowest BCUT2D eigenvalue weighted by Gasteiger charge is -2.27. The highest BCUT2D eigenvalue weighted by atomic mass is 16.5. The molecule has 31 heavy (non-hydrogen) atoms. The van der Waals surface area contributed by atoms with Crippen LogP contribution in [-0.2, 0) is 11.2 Å². The van der Waals surface area contributed by atoms with E-state index in [4.69, 9.17) is 23.7 Å². The largest absolute Gasteiger partial charge is 0.497 e. The molecule has 1 unspecified atom stereocenters. The van der Waals surface area contributed by atoms with Gasteiger partial charge in [-0.3, -0.25) is 4.79 Å². The van der Waals surface area contributed by atoms with Crippen LogP contribution in [-0.4, -0.2) is 52.9 Å². The first-order valence-corrected chi connectivity index (χ1v) is 10.4. The summed E-state index contributed by atoms with van der Waals surface area (Å²) in [7, 11) is 8.02. The number of carbonyl (C=O) groups is 1. The minimum Gasteiger partial charge on any atom is -0.497 e. The quantitative estimate of drug-likeness (QED) is 0.600. The average molecular weight is 430 g/mol. The third-order valence-electron chi connectivity index (χ3n) is 5.72. The van der Waals surface area contributed by atoms with Gasteiger partial charge in [-0.05, 0) is 49.1 Å². The van der Waals surface area contributed by atoms with Gasteiger partial charge in [0, 0.05) is 24.6 Å². The zero-order valence-corrected chi connectivity index (χ0v) is 18.9. The number of hydrogen-bond acceptors (Lipinski definition) is 6. The van der Waals surface area contributed by atoms with Crippen LogP contribution in [0.1, 0.15) is 36.4 Å². The van der Waals surface area contributed by atoms with Gasteiger partial charge >= 0.3 is 0 Å². The smallest absolute Gasteiger partial charge is 0.223 e. The second-order valence-electron chi connectivity index (χ2n) is 7.39. The summed E-state index contributed by atoms with van der Waals surface area (Å²) in [5.74, 6) is 3.32. The molecule has 1 atom stereocenters. The Bertz CT molecular complexity index is 888. The zero-order chi connectivity index (χ0) is 22.4. The summed E-state index contributed by atoms with van der Waals surface area (Å²) in [4.78, 5) is 15.1. The van der Waals surface area contributed by atoms with Crippen molar-refractivity contribution in [1.82, 2.24) is 4.90 Å². The van der Waals surface area contributed by atoms with Crippen molar-refractivity contribution in [1.29, 1.82) is 0 Å². The van der Waals surface area contributed by atoms with Crippen molar-refractivity contribution in [2.45, 2.75) is 31.7 Å². The number of rotatable bonds is 9. The van der Waals surface area contributed by atoms with Crippen molar-refractivity contribution in [3.05, 3.63) is 41.5 Å². The van der Waals surface area contributed by atoms with Crippen molar-refractivity contribution in [2.24, 2.45) is 0 Å². The summed E-state index contributed by atoms with van der Waals surface area (Å²) in [5.41, 5.74) is 1.97. The highest BCUT2D eigenvalue weighted by Gasteiger charge is 2.31. The number of carbonyl (C=O) groups excluding carboxylic acids is 1. The maximum atomic E-state index is 13.1. The molecule has 0 aliphatic carbocycles. The summed E-state index contributed by atoms with van der Waals surface area (Å²) in [5, 5.41) is 0. The lowest BCUT2D eigenvalue weighted by Crippen LogP contribution is -2.31. The van der Waals surface area contributed by atoms with Gasteiger partial charge in [0.05, 0.1) is 41.6 Å². The van der Waals surface area contributed by atoms with Gasteiger partial charge in [0.2, 0.25) is 11.7 Å². The van der Waals surface area contributed by atoms with E-state index in [0.29, 0.717) is 30.1 Å². The second-order valence-corrected chi connectivity index (χ2v) is 7.39. The maximum absolute atomic E-state index is 13.1. The maximum Gasteiger partial charge on any atom is 0.223 e. The van der Waals surface area contributed by atoms with Crippen LogP contribution in [0.3, 0.4) is 0 Å². The Morgan fingerprint density at radius 2 is 1.58 bits per heavy atom. The third kappa shape index (κ3) is 4.81. The number of hydrogen-bond donors (Lipinski definition) is 0.